The molecular formula is C8H13NO3. The van der Waals surface area contributed by atoms with Gasteiger partial charge in [0.2, 0.25) is 0 Å². The lowest BCUT2D eigenvalue weighted by Crippen LogP contribution is -2.41. The number of amides is 1. The molecule has 0 radical (unpaired) electrons. The van der Waals surface area contributed by atoms with Crippen molar-refractivity contribution in [2.45, 2.75) is 26.3 Å². The molecule has 1 aliphatic rings. The number of hydrogen-bond acceptors (Lipinski definition) is 3. The van der Waals surface area contributed by atoms with Gasteiger partial charge in [-0.3, -0.25) is 0 Å². The van der Waals surface area contributed by atoms with Crippen LogP contribution in [0.25, 0.3) is 0 Å². The highest BCUT2D eigenvalue weighted by molar-refractivity contribution is 5.72. The second-order valence-corrected chi connectivity index (χ2v) is 3.35. The standard InChI is InChI=1S/C8H13NO3/c1-4-6(10)9-7(11)12-5-8(9,2)3/h4,10H,5H2,1-3H3/b6-4-. The summed E-state index contributed by atoms with van der Waals surface area (Å²) in [4.78, 5) is 12.3. The van der Waals surface area contributed by atoms with Crippen LogP contribution in [-0.4, -0.2) is 28.2 Å². The first kappa shape index (κ1) is 8.90. The predicted molar refractivity (Wildman–Crippen MR) is 43.7 cm³/mol. The van der Waals surface area contributed by atoms with E-state index in [2.05, 4.69) is 0 Å². The lowest BCUT2D eigenvalue weighted by molar-refractivity contribution is 0.141. The summed E-state index contributed by atoms with van der Waals surface area (Å²) < 4.78 is 4.79. The van der Waals surface area contributed by atoms with E-state index in [9.17, 15) is 9.90 Å². The number of carbonyl (C=O) groups is 1. The predicted octanol–water partition coefficient (Wildman–Crippen LogP) is 1.64. The summed E-state index contributed by atoms with van der Waals surface area (Å²) in [7, 11) is 0. The molecule has 1 fully saturated rings. The molecule has 1 aliphatic heterocycles. The van der Waals surface area contributed by atoms with E-state index in [1.165, 1.54) is 11.0 Å². The molecule has 0 atom stereocenters. The number of cyclic esters (lactones) is 1. The number of rotatable bonds is 1. The maximum absolute atomic E-state index is 11.1. The average molecular weight is 171 g/mol. The number of ether oxygens (including phenoxy) is 1. The Hall–Kier alpha value is -1.19. The van der Waals surface area contributed by atoms with Gasteiger partial charge in [-0.1, -0.05) is 0 Å². The highest BCUT2D eigenvalue weighted by Crippen LogP contribution is 2.26. The number of aliphatic hydroxyl groups is 1. The SMILES string of the molecule is C/C=C(\O)N1C(=O)OCC1(C)C. The molecule has 4 nitrogen and oxygen atoms in total. The van der Waals surface area contributed by atoms with E-state index in [-0.39, 0.29) is 5.88 Å². The number of aliphatic hydroxyl groups excluding tert-OH is 1. The van der Waals surface area contributed by atoms with Crippen molar-refractivity contribution in [2.75, 3.05) is 6.61 Å². The molecule has 68 valence electrons. The zero-order valence-electron chi connectivity index (χ0n) is 7.50. The third kappa shape index (κ3) is 1.24. The maximum Gasteiger partial charge on any atom is 0.417 e. The van der Waals surface area contributed by atoms with Crippen molar-refractivity contribution in [3.8, 4) is 0 Å². The minimum atomic E-state index is -0.490. The van der Waals surface area contributed by atoms with E-state index in [1.807, 2.05) is 13.8 Å². The molecule has 0 saturated carbocycles. The Morgan fingerprint density at radius 1 is 1.75 bits per heavy atom. The van der Waals surface area contributed by atoms with Crippen LogP contribution >= 0.6 is 0 Å². The summed E-state index contributed by atoms with van der Waals surface area (Å²) in [5, 5.41) is 9.35. The second-order valence-electron chi connectivity index (χ2n) is 3.35. The molecule has 0 aromatic rings. The van der Waals surface area contributed by atoms with Gasteiger partial charge in [0.25, 0.3) is 0 Å². The van der Waals surface area contributed by atoms with E-state index in [1.54, 1.807) is 6.92 Å². The third-order valence-corrected chi connectivity index (χ3v) is 1.82. The summed E-state index contributed by atoms with van der Waals surface area (Å²) >= 11 is 0. The van der Waals surface area contributed by atoms with Crippen molar-refractivity contribution in [2.24, 2.45) is 0 Å². The van der Waals surface area contributed by atoms with Gasteiger partial charge in [0.05, 0.1) is 5.54 Å². The van der Waals surface area contributed by atoms with Crippen molar-refractivity contribution >= 4 is 6.09 Å². The Morgan fingerprint density at radius 3 is 2.67 bits per heavy atom. The van der Waals surface area contributed by atoms with Crippen molar-refractivity contribution in [1.82, 2.24) is 4.90 Å². The van der Waals surface area contributed by atoms with Crippen molar-refractivity contribution in [3.05, 3.63) is 12.0 Å². The Kier molecular flexibility index (Phi) is 2.00. The van der Waals surface area contributed by atoms with Gasteiger partial charge in [-0.15, -0.1) is 0 Å². The molecule has 4 heteroatoms. The lowest BCUT2D eigenvalue weighted by atomic mass is 10.1. The van der Waals surface area contributed by atoms with Gasteiger partial charge < -0.3 is 9.84 Å². The van der Waals surface area contributed by atoms with Crippen LogP contribution in [0.15, 0.2) is 12.0 Å². The average Bonchev–Trinajstić information content (AvgIpc) is 2.25. The fraction of sp³-hybridized carbons (Fsp3) is 0.625. The highest BCUT2D eigenvalue weighted by Gasteiger charge is 2.41. The van der Waals surface area contributed by atoms with Crippen LogP contribution in [0.5, 0.6) is 0 Å². The van der Waals surface area contributed by atoms with E-state index in [0.717, 1.165) is 0 Å². The molecule has 1 heterocycles. The van der Waals surface area contributed by atoms with Gasteiger partial charge in [0, 0.05) is 0 Å². The fourth-order valence-electron chi connectivity index (χ4n) is 1.15. The van der Waals surface area contributed by atoms with Crippen LogP contribution in [0.4, 0.5) is 4.79 Å². The topological polar surface area (TPSA) is 49.8 Å². The molecule has 12 heavy (non-hydrogen) atoms. The van der Waals surface area contributed by atoms with Gasteiger partial charge in [-0.25, -0.2) is 9.69 Å². The van der Waals surface area contributed by atoms with Crippen molar-refractivity contribution in [3.63, 3.8) is 0 Å². The normalized spacial score (nSPS) is 22.8. The van der Waals surface area contributed by atoms with Crippen LogP contribution in [0.1, 0.15) is 20.8 Å². The van der Waals surface area contributed by atoms with E-state index < -0.39 is 11.6 Å². The Bertz CT molecular complexity index is 232. The van der Waals surface area contributed by atoms with E-state index >= 15 is 0 Å². The lowest BCUT2D eigenvalue weighted by Gasteiger charge is -2.26. The minimum absolute atomic E-state index is 0.0532. The Balaban J connectivity index is 2.93. The van der Waals surface area contributed by atoms with Gasteiger partial charge in [-0.2, -0.15) is 0 Å². The number of nitrogens with zero attached hydrogens (tertiary/aromatic N) is 1. The van der Waals surface area contributed by atoms with Gasteiger partial charge in [-0.05, 0) is 26.8 Å². The maximum atomic E-state index is 11.1. The monoisotopic (exact) mass is 171 g/mol. The van der Waals surface area contributed by atoms with Crippen molar-refractivity contribution < 1.29 is 14.6 Å². The van der Waals surface area contributed by atoms with Crippen LogP contribution in [0.2, 0.25) is 0 Å². The zero-order valence-corrected chi connectivity index (χ0v) is 7.50. The third-order valence-electron chi connectivity index (χ3n) is 1.82. The Labute approximate surface area is 71.4 Å². The number of allylic oxidation sites excluding steroid dienone is 1. The quantitative estimate of drug-likeness (QED) is 0.610. The largest absolute Gasteiger partial charge is 0.495 e. The molecule has 1 N–H and O–H groups in total. The molecule has 0 aliphatic carbocycles. The second kappa shape index (κ2) is 2.69. The highest BCUT2D eigenvalue weighted by atomic mass is 16.6. The number of carbonyl (C=O) groups excluding carboxylic acids is 1. The first-order valence-electron chi connectivity index (χ1n) is 3.81. The molecule has 1 rings (SSSR count). The van der Waals surface area contributed by atoms with Crippen LogP contribution in [-0.2, 0) is 4.74 Å². The fourth-order valence-corrected chi connectivity index (χ4v) is 1.15. The number of hydrogen-bond donors (Lipinski definition) is 1. The molecule has 0 unspecified atom stereocenters. The summed E-state index contributed by atoms with van der Waals surface area (Å²) in [6.45, 7) is 5.63. The molecule has 0 aromatic heterocycles. The summed E-state index contributed by atoms with van der Waals surface area (Å²) in [5.74, 6) is -0.0532. The van der Waals surface area contributed by atoms with Gasteiger partial charge in [0.15, 0.2) is 5.88 Å². The van der Waals surface area contributed by atoms with Crippen LogP contribution in [0, 0.1) is 0 Å². The first-order valence-corrected chi connectivity index (χ1v) is 3.81. The minimum Gasteiger partial charge on any atom is -0.495 e. The molecule has 0 aromatic carbocycles. The molecular weight excluding hydrogens is 158 g/mol. The zero-order chi connectivity index (χ0) is 9.35. The smallest absolute Gasteiger partial charge is 0.417 e. The Morgan fingerprint density at radius 2 is 2.33 bits per heavy atom. The molecule has 1 amide bonds. The molecule has 0 spiro atoms. The summed E-state index contributed by atoms with van der Waals surface area (Å²) in [6.07, 6.45) is 0.976. The first-order chi connectivity index (χ1) is 5.49. The van der Waals surface area contributed by atoms with Crippen LogP contribution in [0.3, 0.4) is 0 Å². The van der Waals surface area contributed by atoms with E-state index in [4.69, 9.17) is 4.74 Å². The van der Waals surface area contributed by atoms with Gasteiger partial charge in [0.1, 0.15) is 6.61 Å². The molecule has 1 saturated heterocycles. The van der Waals surface area contributed by atoms with Gasteiger partial charge >= 0.3 is 6.09 Å². The molecule has 0 bridgehead atoms. The van der Waals surface area contributed by atoms with Crippen LogP contribution < -0.4 is 0 Å². The van der Waals surface area contributed by atoms with Crippen molar-refractivity contribution in [1.29, 1.82) is 0 Å². The summed E-state index contributed by atoms with van der Waals surface area (Å²) in [5.41, 5.74) is -0.451. The van der Waals surface area contributed by atoms with E-state index in [0.29, 0.717) is 6.61 Å². The summed E-state index contributed by atoms with van der Waals surface area (Å²) in [6, 6.07) is 0.